The Morgan fingerprint density at radius 1 is 1.17 bits per heavy atom. The third-order valence-electron chi connectivity index (χ3n) is 4.80. The zero-order chi connectivity index (χ0) is 16.6. The standard InChI is InChI=1S/C17H23N3O3/c1-12-3-5-14(6-4-12)20-13(2)16(22)19(17(20)23)11-18-9-7-15(21)8-10-18/h3-6,13,15,21H,7-11H2,1-2H3/p+1/t13-/m1/s1. The second kappa shape index (κ2) is 6.29. The molecule has 2 aliphatic heterocycles. The maximum atomic E-state index is 12.7. The van der Waals surface area contributed by atoms with E-state index < -0.39 is 6.04 Å². The molecule has 2 heterocycles. The SMILES string of the molecule is Cc1ccc(N2C(=O)N(C[NH+]3CCC(O)CC3)C(=O)[C@H]2C)cc1. The number of piperidine rings is 1. The number of urea groups is 1. The van der Waals surface area contributed by atoms with Gasteiger partial charge in [0, 0.05) is 18.5 Å². The maximum Gasteiger partial charge on any atom is 0.336 e. The molecule has 6 nitrogen and oxygen atoms in total. The molecule has 1 atom stereocenters. The minimum Gasteiger partial charge on any atom is -0.393 e. The van der Waals surface area contributed by atoms with Crippen LogP contribution in [0.5, 0.6) is 0 Å². The van der Waals surface area contributed by atoms with Crippen LogP contribution in [0.25, 0.3) is 0 Å². The molecule has 2 saturated heterocycles. The molecule has 0 unspecified atom stereocenters. The first-order chi connectivity index (χ1) is 11.0. The third-order valence-corrected chi connectivity index (χ3v) is 4.80. The molecule has 2 N–H and O–H groups in total. The summed E-state index contributed by atoms with van der Waals surface area (Å²) in [4.78, 5) is 29.3. The highest BCUT2D eigenvalue weighted by Gasteiger charge is 2.45. The topological polar surface area (TPSA) is 65.3 Å². The summed E-state index contributed by atoms with van der Waals surface area (Å²) in [6.45, 7) is 5.73. The number of aliphatic hydroxyl groups excluding tert-OH is 1. The summed E-state index contributed by atoms with van der Waals surface area (Å²) in [7, 11) is 0. The highest BCUT2D eigenvalue weighted by molar-refractivity contribution is 6.13. The summed E-state index contributed by atoms with van der Waals surface area (Å²) in [6, 6.07) is 6.93. The number of carbonyl (C=O) groups excluding carboxylic acids is 2. The molecule has 0 saturated carbocycles. The molecular weight excluding hydrogens is 294 g/mol. The number of imide groups is 1. The van der Waals surface area contributed by atoms with Crippen molar-refractivity contribution in [1.82, 2.24) is 4.90 Å². The zero-order valence-electron chi connectivity index (χ0n) is 13.7. The number of amides is 3. The van der Waals surface area contributed by atoms with E-state index >= 15 is 0 Å². The number of likely N-dealkylation sites (tertiary alicyclic amines) is 1. The number of hydrogen-bond acceptors (Lipinski definition) is 3. The van der Waals surface area contributed by atoms with Crippen LogP contribution >= 0.6 is 0 Å². The molecule has 1 aromatic rings. The number of carbonyl (C=O) groups is 2. The maximum absolute atomic E-state index is 12.7. The molecule has 6 heteroatoms. The minimum absolute atomic E-state index is 0.144. The lowest BCUT2D eigenvalue weighted by Gasteiger charge is -2.29. The van der Waals surface area contributed by atoms with Crippen LogP contribution in [0.2, 0.25) is 0 Å². The first kappa shape index (κ1) is 16.0. The third kappa shape index (κ3) is 3.09. The zero-order valence-corrected chi connectivity index (χ0v) is 13.7. The van der Waals surface area contributed by atoms with Gasteiger partial charge in [0.05, 0.1) is 19.2 Å². The van der Waals surface area contributed by atoms with Crippen molar-refractivity contribution in [1.29, 1.82) is 0 Å². The van der Waals surface area contributed by atoms with Crippen molar-refractivity contribution in [3.05, 3.63) is 29.8 Å². The Balaban J connectivity index is 1.74. The van der Waals surface area contributed by atoms with Gasteiger partial charge >= 0.3 is 6.03 Å². The Labute approximate surface area is 136 Å². The van der Waals surface area contributed by atoms with E-state index in [2.05, 4.69) is 0 Å². The van der Waals surface area contributed by atoms with Crippen molar-refractivity contribution in [2.75, 3.05) is 24.7 Å². The van der Waals surface area contributed by atoms with Gasteiger partial charge in [-0.1, -0.05) is 17.7 Å². The van der Waals surface area contributed by atoms with Crippen LogP contribution < -0.4 is 9.80 Å². The predicted molar refractivity (Wildman–Crippen MR) is 86.2 cm³/mol. The molecule has 2 aliphatic rings. The lowest BCUT2D eigenvalue weighted by atomic mass is 10.1. The number of nitrogens with one attached hydrogen (secondary N) is 1. The van der Waals surface area contributed by atoms with Gasteiger partial charge in [0.25, 0.3) is 5.91 Å². The summed E-state index contributed by atoms with van der Waals surface area (Å²) in [5.74, 6) is -0.144. The fourth-order valence-electron chi connectivity index (χ4n) is 3.30. The van der Waals surface area contributed by atoms with E-state index in [1.165, 1.54) is 9.80 Å². The Morgan fingerprint density at radius 3 is 2.39 bits per heavy atom. The molecular formula is C17H24N3O3+. The molecule has 2 fully saturated rings. The number of aliphatic hydroxyl groups is 1. The molecule has 0 aromatic heterocycles. The van der Waals surface area contributed by atoms with Crippen molar-refractivity contribution in [2.24, 2.45) is 0 Å². The highest BCUT2D eigenvalue weighted by Crippen LogP contribution is 2.25. The van der Waals surface area contributed by atoms with Crippen LogP contribution in [-0.2, 0) is 4.79 Å². The smallest absolute Gasteiger partial charge is 0.336 e. The Kier molecular flexibility index (Phi) is 4.37. The Bertz CT molecular complexity index is 594. The van der Waals surface area contributed by atoms with E-state index in [9.17, 15) is 14.7 Å². The van der Waals surface area contributed by atoms with E-state index in [0.29, 0.717) is 6.67 Å². The Hall–Kier alpha value is -1.92. The highest BCUT2D eigenvalue weighted by atomic mass is 16.3. The number of nitrogens with zero attached hydrogens (tertiary/aromatic N) is 2. The monoisotopic (exact) mass is 318 g/mol. The lowest BCUT2D eigenvalue weighted by Crippen LogP contribution is -3.14. The fourth-order valence-corrected chi connectivity index (χ4v) is 3.30. The van der Waals surface area contributed by atoms with Gasteiger partial charge in [0.1, 0.15) is 6.04 Å². The van der Waals surface area contributed by atoms with Gasteiger partial charge in [-0.05, 0) is 26.0 Å². The van der Waals surface area contributed by atoms with Crippen LogP contribution in [-0.4, -0.2) is 53.8 Å². The van der Waals surface area contributed by atoms with E-state index in [4.69, 9.17) is 0 Å². The number of quaternary nitrogens is 1. The van der Waals surface area contributed by atoms with Gasteiger partial charge < -0.3 is 10.0 Å². The Morgan fingerprint density at radius 2 is 1.78 bits per heavy atom. The summed E-state index contributed by atoms with van der Waals surface area (Å²) in [5.41, 5.74) is 1.88. The summed E-state index contributed by atoms with van der Waals surface area (Å²) in [5, 5.41) is 9.58. The number of hydrogen-bond donors (Lipinski definition) is 2. The average molecular weight is 318 g/mol. The van der Waals surface area contributed by atoms with E-state index in [0.717, 1.165) is 37.2 Å². The molecule has 3 amide bonds. The van der Waals surface area contributed by atoms with Gasteiger partial charge in [-0.3, -0.25) is 9.69 Å². The van der Waals surface area contributed by atoms with Crippen LogP contribution in [0, 0.1) is 6.92 Å². The minimum atomic E-state index is -0.472. The van der Waals surface area contributed by atoms with Crippen molar-refractivity contribution in [3.8, 4) is 0 Å². The van der Waals surface area contributed by atoms with Gasteiger partial charge in [0.15, 0.2) is 6.67 Å². The molecule has 124 valence electrons. The van der Waals surface area contributed by atoms with Crippen LogP contribution in [0.15, 0.2) is 24.3 Å². The molecule has 0 radical (unpaired) electrons. The van der Waals surface area contributed by atoms with Crippen LogP contribution in [0.3, 0.4) is 0 Å². The molecule has 0 spiro atoms. The number of rotatable bonds is 3. The van der Waals surface area contributed by atoms with Gasteiger partial charge in [-0.2, -0.15) is 0 Å². The predicted octanol–water partition coefficient (Wildman–Crippen LogP) is 0.149. The second-order valence-electron chi connectivity index (χ2n) is 6.57. The van der Waals surface area contributed by atoms with E-state index in [1.54, 1.807) is 11.8 Å². The molecule has 1 aromatic carbocycles. The second-order valence-corrected chi connectivity index (χ2v) is 6.57. The average Bonchev–Trinajstić information content (AvgIpc) is 2.74. The van der Waals surface area contributed by atoms with E-state index in [-0.39, 0.29) is 18.0 Å². The number of anilines is 1. The van der Waals surface area contributed by atoms with Gasteiger partial charge in [0.2, 0.25) is 0 Å². The van der Waals surface area contributed by atoms with Crippen LogP contribution in [0.4, 0.5) is 10.5 Å². The van der Waals surface area contributed by atoms with Crippen molar-refractivity contribution in [3.63, 3.8) is 0 Å². The number of benzene rings is 1. The molecule has 0 aliphatic carbocycles. The van der Waals surface area contributed by atoms with E-state index in [1.807, 2.05) is 31.2 Å². The van der Waals surface area contributed by atoms with Crippen molar-refractivity contribution < 1.29 is 19.6 Å². The van der Waals surface area contributed by atoms with Crippen molar-refractivity contribution >= 4 is 17.6 Å². The molecule has 23 heavy (non-hydrogen) atoms. The largest absolute Gasteiger partial charge is 0.393 e. The first-order valence-corrected chi connectivity index (χ1v) is 8.20. The number of aryl methyl sites for hydroxylation is 1. The normalized spacial score (nSPS) is 28.6. The van der Waals surface area contributed by atoms with Crippen LogP contribution in [0.1, 0.15) is 25.3 Å². The molecule has 3 rings (SSSR count). The summed E-state index contributed by atoms with van der Waals surface area (Å²) in [6.07, 6.45) is 1.21. The molecule has 0 bridgehead atoms. The fraction of sp³-hybridized carbons (Fsp3) is 0.529. The first-order valence-electron chi connectivity index (χ1n) is 8.20. The van der Waals surface area contributed by atoms with Crippen molar-refractivity contribution in [2.45, 2.75) is 38.8 Å². The quantitative estimate of drug-likeness (QED) is 0.780. The van der Waals surface area contributed by atoms with Gasteiger partial charge in [-0.25, -0.2) is 9.69 Å². The lowest BCUT2D eigenvalue weighted by molar-refractivity contribution is -0.913. The van der Waals surface area contributed by atoms with Gasteiger partial charge in [-0.15, -0.1) is 0 Å². The summed E-state index contributed by atoms with van der Waals surface area (Å²) >= 11 is 0. The summed E-state index contributed by atoms with van der Waals surface area (Å²) < 4.78 is 0.